The van der Waals surface area contributed by atoms with E-state index in [1.807, 2.05) is 19.1 Å². The highest BCUT2D eigenvalue weighted by Crippen LogP contribution is 2.17. The molecule has 0 aliphatic heterocycles. The van der Waals surface area contributed by atoms with Crippen LogP contribution < -0.4 is 0 Å². The predicted octanol–water partition coefficient (Wildman–Crippen LogP) is 4.32. The topological polar surface area (TPSA) is 17.1 Å². The number of halogens is 2. The summed E-state index contributed by atoms with van der Waals surface area (Å²) in [5, 5.41) is 0. The summed E-state index contributed by atoms with van der Waals surface area (Å²) in [6, 6.07) is 11.9. The maximum atomic E-state index is 13.5. The van der Waals surface area contributed by atoms with Crippen LogP contribution in [0.2, 0.25) is 0 Å². The monoisotopic (exact) mass is 306 g/mol. The van der Waals surface area contributed by atoms with Gasteiger partial charge in [0.2, 0.25) is 0 Å². The Morgan fingerprint density at radius 1 is 1.17 bits per heavy atom. The van der Waals surface area contributed by atoms with E-state index in [4.69, 9.17) is 0 Å². The average Bonchev–Trinajstić information content (AvgIpc) is 2.34. The van der Waals surface area contributed by atoms with Crippen LogP contribution in [0.5, 0.6) is 0 Å². The molecular formula is C15H12BrFO. The molecule has 0 saturated carbocycles. The number of ketones is 1. The van der Waals surface area contributed by atoms with Crippen LogP contribution in [0.15, 0.2) is 46.9 Å². The standard InChI is InChI=1S/C15H12BrFO/c1-10-2-4-11(5-3-10)15(18)9-12-8-13(16)6-7-14(12)17/h2-8H,9H2,1H3. The molecule has 0 aliphatic carbocycles. The molecule has 0 N–H and O–H groups in total. The second-order valence-electron chi connectivity index (χ2n) is 4.20. The van der Waals surface area contributed by atoms with Gasteiger partial charge in [0.15, 0.2) is 5.78 Å². The lowest BCUT2D eigenvalue weighted by Crippen LogP contribution is -2.05. The largest absolute Gasteiger partial charge is 0.294 e. The highest BCUT2D eigenvalue weighted by atomic mass is 79.9. The van der Waals surface area contributed by atoms with E-state index in [9.17, 15) is 9.18 Å². The van der Waals surface area contributed by atoms with Gasteiger partial charge in [-0.15, -0.1) is 0 Å². The van der Waals surface area contributed by atoms with Crippen LogP contribution in [0.3, 0.4) is 0 Å². The van der Waals surface area contributed by atoms with Gasteiger partial charge in [0, 0.05) is 16.5 Å². The Labute approximate surface area is 114 Å². The van der Waals surface area contributed by atoms with Crippen LogP contribution in [0, 0.1) is 12.7 Å². The normalized spacial score (nSPS) is 10.4. The number of hydrogen-bond acceptors (Lipinski definition) is 1. The van der Waals surface area contributed by atoms with Crippen molar-refractivity contribution in [3.05, 3.63) is 69.4 Å². The summed E-state index contributed by atoms with van der Waals surface area (Å²) in [4.78, 5) is 12.0. The fourth-order valence-corrected chi connectivity index (χ4v) is 2.10. The Kier molecular flexibility index (Phi) is 3.92. The Bertz CT molecular complexity index is 576. The third-order valence-corrected chi connectivity index (χ3v) is 3.23. The van der Waals surface area contributed by atoms with Gasteiger partial charge in [-0.1, -0.05) is 45.8 Å². The van der Waals surface area contributed by atoms with Gasteiger partial charge in [-0.2, -0.15) is 0 Å². The van der Waals surface area contributed by atoms with Gasteiger partial charge < -0.3 is 0 Å². The number of aryl methyl sites for hydroxylation is 1. The van der Waals surface area contributed by atoms with E-state index in [-0.39, 0.29) is 18.0 Å². The lowest BCUT2D eigenvalue weighted by atomic mass is 10.0. The zero-order chi connectivity index (χ0) is 13.1. The van der Waals surface area contributed by atoms with Crippen LogP contribution in [0.1, 0.15) is 21.5 Å². The molecule has 0 spiro atoms. The Balaban J connectivity index is 2.21. The molecular weight excluding hydrogens is 295 g/mol. The minimum absolute atomic E-state index is 0.0769. The quantitative estimate of drug-likeness (QED) is 0.772. The summed E-state index contributed by atoms with van der Waals surface area (Å²) in [6.07, 6.45) is 0.0777. The van der Waals surface area contributed by atoms with Crippen LogP contribution >= 0.6 is 15.9 Å². The second-order valence-corrected chi connectivity index (χ2v) is 5.12. The first-order valence-corrected chi connectivity index (χ1v) is 6.39. The number of Topliss-reactive ketones (excluding diaryl/α,β-unsaturated/α-hetero) is 1. The summed E-state index contributed by atoms with van der Waals surface area (Å²) in [7, 11) is 0. The Morgan fingerprint density at radius 2 is 1.83 bits per heavy atom. The van der Waals surface area contributed by atoms with Crippen LogP contribution in [-0.4, -0.2) is 5.78 Å². The predicted molar refractivity (Wildman–Crippen MR) is 73.3 cm³/mol. The van der Waals surface area contributed by atoms with E-state index in [0.29, 0.717) is 11.1 Å². The van der Waals surface area contributed by atoms with Crippen molar-refractivity contribution >= 4 is 21.7 Å². The van der Waals surface area contributed by atoms with Crippen molar-refractivity contribution in [3.8, 4) is 0 Å². The third-order valence-electron chi connectivity index (χ3n) is 2.73. The van der Waals surface area contributed by atoms with Crippen molar-refractivity contribution in [2.24, 2.45) is 0 Å². The van der Waals surface area contributed by atoms with Gasteiger partial charge in [-0.3, -0.25) is 4.79 Å². The lowest BCUT2D eigenvalue weighted by molar-refractivity contribution is 0.0992. The zero-order valence-electron chi connectivity index (χ0n) is 9.91. The lowest BCUT2D eigenvalue weighted by Gasteiger charge is -2.04. The number of rotatable bonds is 3. The van der Waals surface area contributed by atoms with Crippen molar-refractivity contribution in [2.75, 3.05) is 0 Å². The van der Waals surface area contributed by atoms with Gasteiger partial charge in [0.05, 0.1) is 0 Å². The van der Waals surface area contributed by atoms with Crippen molar-refractivity contribution in [1.82, 2.24) is 0 Å². The molecule has 0 saturated heterocycles. The summed E-state index contributed by atoms with van der Waals surface area (Å²) >= 11 is 3.27. The molecule has 3 heteroatoms. The molecule has 2 aromatic rings. The average molecular weight is 307 g/mol. The summed E-state index contributed by atoms with van der Waals surface area (Å²) < 4.78 is 14.3. The highest BCUT2D eigenvalue weighted by Gasteiger charge is 2.10. The summed E-state index contributed by atoms with van der Waals surface area (Å²) in [5.41, 5.74) is 2.12. The van der Waals surface area contributed by atoms with Crippen molar-refractivity contribution in [3.63, 3.8) is 0 Å². The summed E-state index contributed by atoms with van der Waals surface area (Å²) in [6.45, 7) is 1.96. The molecule has 0 atom stereocenters. The first kappa shape index (κ1) is 13.0. The Hall–Kier alpha value is -1.48. The van der Waals surface area contributed by atoms with Crippen molar-refractivity contribution in [2.45, 2.75) is 13.3 Å². The fourth-order valence-electron chi connectivity index (χ4n) is 1.69. The SMILES string of the molecule is Cc1ccc(C(=O)Cc2cc(Br)ccc2F)cc1. The molecule has 2 rings (SSSR count). The van der Waals surface area contributed by atoms with Gasteiger partial charge in [-0.25, -0.2) is 4.39 Å². The van der Waals surface area contributed by atoms with E-state index in [0.717, 1.165) is 10.0 Å². The molecule has 18 heavy (non-hydrogen) atoms. The van der Waals surface area contributed by atoms with Gasteiger partial charge in [0.25, 0.3) is 0 Å². The first-order valence-electron chi connectivity index (χ1n) is 5.60. The van der Waals surface area contributed by atoms with E-state index in [1.165, 1.54) is 6.07 Å². The number of hydrogen-bond donors (Lipinski definition) is 0. The van der Waals surface area contributed by atoms with E-state index in [2.05, 4.69) is 15.9 Å². The van der Waals surface area contributed by atoms with Crippen LogP contribution in [-0.2, 0) is 6.42 Å². The number of carbonyl (C=O) groups is 1. The molecule has 0 radical (unpaired) electrons. The molecule has 0 heterocycles. The molecule has 1 nitrogen and oxygen atoms in total. The molecule has 0 aliphatic rings. The third kappa shape index (κ3) is 3.05. The molecule has 2 aromatic carbocycles. The molecule has 92 valence electrons. The van der Waals surface area contributed by atoms with Gasteiger partial charge >= 0.3 is 0 Å². The smallest absolute Gasteiger partial charge is 0.167 e. The molecule has 0 amide bonds. The highest BCUT2D eigenvalue weighted by molar-refractivity contribution is 9.10. The maximum absolute atomic E-state index is 13.5. The van der Waals surface area contributed by atoms with Crippen molar-refractivity contribution in [1.29, 1.82) is 0 Å². The van der Waals surface area contributed by atoms with Crippen LogP contribution in [0.4, 0.5) is 4.39 Å². The molecule has 0 bridgehead atoms. The summed E-state index contributed by atoms with van der Waals surface area (Å²) in [5.74, 6) is -0.425. The van der Waals surface area contributed by atoms with Gasteiger partial charge in [0.1, 0.15) is 5.82 Å². The number of benzene rings is 2. The van der Waals surface area contributed by atoms with Crippen molar-refractivity contribution < 1.29 is 9.18 Å². The number of carbonyl (C=O) groups excluding carboxylic acids is 1. The van der Waals surface area contributed by atoms with E-state index < -0.39 is 0 Å². The van der Waals surface area contributed by atoms with E-state index in [1.54, 1.807) is 24.3 Å². The maximum Gasteiger partial charge on any atom is 0.167 e. The first-order chi connectivity index (χ1) is 8.56. The fraction of sp³-hybridized carbons (Fsp3) is 0.133. The molecule has 0 unspecified atom stereocenters. The Morgan fingerprint density at radius 3 is 2.50 bits per heavy atom. The minimum atomic E-state index is -0.348. The minimum Gasteiger partial charge on any atom is -0.294 e. The second kappa shape index (κ2) is 5.44. The molecule has 0 aromatic heterocycles. The van der Waals surface area contributed by atoms with Gasteiger partial charge in [-0.05, 0) is 30.7 Å². The molecule has 0 fully saturated rings. The zero-order valence-corrected chi connectivity index (χ0v) is 11.5. The van der Waals surface area contributed by atoms with E-state index >= 15 is 0 Å². The van der Waals surface area contributed by atoms with Crippen LogP contribution in [0.25, 0.3) is 0 Å².